The Balaban J connectivity index is 2.04. The SMILES string of the molecule is CC(C)NCC(O)COc1cccc2cc(C(C)O)oc12. The maximum Gasteiger partial charge on any atom is 0.176 e. The van der Waals surface area contributed by atoms with Gasteiger partial charge in [-0.25, -0.2) is 0 Å². The molecule has 0 aliphatic heterocycles. The minimum atomic E-state index is -0.661. The highest BCUT2D eigenvalue weighted by molar-refractivity contribution is 5.83. The van der Waals surface area contributed by atoms with E-state index in [0.717, 1.165) is 5.39 Å². The first-order valence-electron chi connectivity index (χ1n) is 7.22. The largest absolute Gasteiger partial charge is 0.487 e. The van der Waals surface area contributed by atoms with Crippen LogP contribution in [0.1, 0.15) is 32.6 Å². The molecule has 0 aliphatic rings. The van der Waals surface area contributed by atoms with Gasteiger partial charge in [-0.3, -0.25) is 0 Å². The Labute approximate surface area is 124 Å². The topological polar surface area (TPSA) is 74.9 Å². The predicted molar refractivity (Wildman–Crippen MR) is 81.5 cm³/mol. The molecule has 116 valence electrons. The second kappa shape index (κ2) is 6.93. The molecule has 2 atom stereocenters. The summed E-state index contributed by atoms with van der Waals surface area (Å²) >= 11 is 0. The van der Waals surface area contributed by atoms with Crippen LogP contribution in [0.4, 0.5) is 0 Å². The Bertz CT molecular complexity index is 577. The van der Waals surface area contributed by atoms with E-state index in [4.69, 9.17) is 9.15 Å². The predicted octanol–water partition coefficient (Wildman–Crippen LogP) is 2.22. The number of nitrogens with one attached hydrogen (secondary N) is 1. The molecule has 3 N–H and O–H groups in total. The summed E-state index contributed by atoms with van der Waals surface area (Å²) in [6.07, 6.45) is -1.25. The molecule has 0 spiro atoms. The van der Waals surface area contributed by atoms with E-state index in [2.05, 4.69) is 5.32 Å². The van der Waals surface area contributed by atoms with Gasteiger partial charge in [-0.2, -0.15) is 0 Å². The van der Waals surface area contributed by atoms with Crippen molar-refractivity contribution in [2.24, 2.45) is 0 Å². The Morgan fingerprint density at radius 3 is 2.67 bits per heavy atom. The molecule has 2 aromatic rings. The summed E-state index contributed by atoms with van der Waals surface area (Å²) in [6, 6.07) is 7.66. The molecular weight excluding hydrogens is 270 g/mol. The Morgan fingerprint density at radius 2 is 2.00 bits per heavy atom. The molecule has 2 rings (SSSR count). The number of aliphatic hydroxyl groups excluding tert-OH is 2. The van der Waals surface area contributed by atoms with Crippen molar-refractivity contribution in [1.82, 2.24) is 5.32 Å². The molecule has 0 saturated heterocycles. The zero-order chi connectivity index (χ0) is 15.4. The van der Waals surface area contributed by atoms with Gasteiger partial charge in [0.15, 0.2) is 11.3 Å². The molecule has 0 bridgehead atoms. The average Bonchev–Trinajstić information content (AvgIpc) is 2.87. The first-order valence-corrected chi connectivity index (χ1v) is 7.22. The van der Waals surface area contributed by atoms with Gasteiger partial charge in [0.1, 0.15) is 24.6 Å². The fourth-order valence-electron chi connectivity index (χ4n) is 1.99. The molecule has 1 aromatic heterocycles. The van der Waals surface area contributed by atoms with Gasteiger partial charge in [-0.05, 0) is 19.1 Å². The lowest BCUT2D eigenvalue weighted by Crippen LogP contribution is -2.35. The van der Waals surface area contributed by atoms with Crippen molar-refractivity contribution in [2.75, 3.05) is 13.2 Å². The fourth-order valence-corrected chi connectivity index (χ4v) is 1.99. The third kappa shape index (κ3) is 4.20. The molecule has 0 radical (unpaired) electrons. The summed E-state index contributed by atoms with van der Waals surface area (Å²) in [4.78, 5) is 0. The molecule has 5 nitrogen and oxygen atoms in total. The van der Waals surface area contributed by atoms with Crippen LogP contribution in [0.15, 0.2) is 28.7 Å². The Morgan fingerprint density at radius 1 is 1.24 bits per heavy atom. The summed E-state index contributed by atoms with van der Waals surface area (Å²) in [7, 11) is 0. The zero-order valence-corrected chi connectivity index (χ0v) is 12.7. The lowest BCUT2D eigenvalue weighted by Gasteiger charge is -2.15. The average molecular weight is 293 g/mol. The van der Waals surface area contributed by atoms with Crippen LogP contribution in [0, 0.1) is 0 Å². The number of fused-ring (bicyclic) bond motifs is 1. The van der Waals surface area contributed by atoms with Crippen LogP contribution in [0.3, 0.4) is 0 Å². The highest BCUT2D eigenvalue weighted by Gasteiger charge is 2.13. The first kappa shape index (κ1) is 15.8. The highest BCUT2D eigenvalue weighted by atomic mass is 16.5. The highest BCUT2D eigenvalue weighted by Crippen LogP contribution is 2.31. The molecule has 1 aromatic carbocycles. The second-order valence-corrected chi connectivity index (χ2v) is 5.53. The van der Waals surface area contributed by atoms with Crippen molar-refractivity contribution < 1.29 is 19.4 Å². The number of para-hydroxylation sites is 1. The smallest absolute Gasteiger partial charge is 0.176 e. The van der Waals surface area contributed by atoms with Crippen molar-refractivity contribution in [3.63, 3.8) is 0 Å². The van der Waals surface area contributed by atoms with E-state index >= 15 is 0 Å². The molecule has 2 unspecified atom stereocenters. The Kier molecular flexibility index (Phi) is 5.22. The van der Waals surface area contributed by atoms with E-state index in [-0.39, 0.29) is 6.61 Å². The molecule has 0 amide bonds. The van der Waals surface area contributed by atoms with E-state index < -0.39 is 12.2 Å². The standard InChI is InChI=1S/C16H23NO4/c1-10(2)17-8-13(19)9-20-14-6-4-5-12-7-15(11(3)18)21-16(12)14/h4-7,10-11,13,17-19H,8-9H2,1-3H3. The molecule has 0 fully saturated rings. The monoisotopic (exact) mass is 293 g/mol. The molecule has 1 heterocycles. The van der Waals surface area contributed by atoms with Crippen LogP contribution >= 0.6 is 0 Å². The first-order chi connectivity index (χ1) is 9.97. The maximum absolute atomic E-state index is 9.87. The van der Waals surface area contributed by atoms with E-state index in [1.807, 2.05) is 26.0 Å². The number of aliphatic hydroxyl groups is 2. The maximum atomic E-state index is 9.87. The van der Waals surface area contributed by atoms with Gasteiger partial charge in [0.05, 0.1) is 0 Å². The van der Waals surface area contributed by atoms with Crippen LogP contribution in [0.25, 0.3) is 11.0 Å². The number of hydrogen-bond acceptors (Lipinski definition) is 5. The third-order valence-electron chi connectivity index (χ3n) is 3.13. The van der Waals surface area contributed by atoms with Crippen LogP contribution in [0.2, 0.25) is 0 Å². The number of ether oxygens (including phenoxy) is 1. The van der Waals surface area contributed by atoms with Crippen LogP contribution in [-0.2, 0) is 0 Å². The van der Waals surface area contributed by atoms with Crippen LogP contribution in [0.5, 0.6) is 5.75 Å². The van der Waals surface area contributed by atoms with Gasteiger partial charge in [0, 0.05) is 18.0 Å². The molecule has 5 heteroatoms. The van der Waals surface area contributed by atoms with Crippen molar-refractivity contribution in [3.8, 4) is 5.75 Å². The van der Waals surface area contributed by atoms with Gasteiger partial charge in [-0.15, -0.1) is 0 Å². The quantitative estimate of drug-likeness (QED) is 0.730. The minimum absolute atomic E-state index is 0.184. The van der Waals surface area contributed by atoms with E-state index in [0.29, 0.717) is 29.7 Å². The number of benzene rings is 1. The number of rotatable bonds is 7. The van der Waals surface area contributed by atoms with E-state index in [1.165, 1.54) is 0 Å². The molecule has 21 heavy (non-hydrogen) atoms. The molecular formula is C16H23NO4. The van der Waals surface area contributed by atoms with Gasteiger partial charge in [-0.1, -0.05) is 26.0 Å². The Hall–Kier alpha value is -1.56. The lowest BCUT2D eigenvalue weighted by molar-refractivity contribution is 0.104. The van der Waals surface area contributed by atoms with Crippen molar-refractivity contribution in [1.29, 1.82) is 0 Å². The van der Waals surface area contributed by atoms with E-state index in [9.17, 15) is 10.2 Å². The summed E-state index contributed by atoms with van der Waals surface area (Å²) in [5.41, 5.74) is 0.595. The normalized spacial score (nSPS) is 14.6. The molecule has 0 aliphatic carbocycles. The fraction of sp³-hybridized carbons (Fsp3) is 0.500. The van der Waals surface area contributed by atoms with Gasteiger partial charge >= 0.3 is 0 Å². The van der Waals surface area contributed by atoms with Gasteiger partial charge < -0.3 is 24.7 Å². The number of furan rings is 1. The van der Waals surface area contributed by atoms with Crippen molar-refractivity contribution in [3.05, 3.63) is 30.0 Å². The summed E-state index contributed by atoms with van der Waals surface area (Å²) in [5, 5.41) is 23.5. The van der Waals surface area contributed by atoms with Crippen LogP contribution in [-0.4, -0.2) is 35.5 Å². The minimum Gasteiger partial charge on any atom is -0.487 e. The second-order valence-electron chi connectivity index (χ2n) is 5.53. The summed E-state index contributed by atoms with van der Waals surface area (Å²) < 4.78 is 11.3. The number of hydrogen-bond donors (Lipinski definition) is 3. The zero-order valence-electron chi connectivity index (χ0n) is 12.7. The van der Waals surface area contributed by atoms with Crippen molar-refractivity contribution in [2.45, 2.75) is 39.0 Å². The lowest BCUT2D eigenvalue weighted by atomic mass is 10.2. The van der Waals surface area contributed by atoms with Crippen LogP contribution < -0.4 is 10.1 Å². The summed E-state index contributed by atoms with van der Waals surface area (Å²) in [6.45, 7) is 6.36. The van der Waals surface area contributed by atoms with Crippen molar-refractivity contribution >= 4 is 11.0 Å². The summed E-state index contributed by atoms with van der Waals surface area (Å²) in [5.74, 6) is 1.08. The molecule has 0 saturated carbocycles. The third-order valence-corrected chi connectivity index (χ3v) is 3.13. The van der Waals surface area contributed by atoms with E-state index in [1.54, 1.807) is 19.1 Å². The van der Waals surface area contributed by atoms with Gasteiger partial charge in [0.2, 0.25) is 0 Å². The van der Waals surface area contributed by atoms with Gasteiger partial charge in [0.25, 0.3) is 0 Å².